The molecule has 0 aliphatic carbocycles. The summed E-state index contributed by atoms with van der Waals surface area (Å²) in [4.78, 5) is 12.3. The second-order valence-electron chi connectivity index (χ2n) is 6.45. The lowest BCUT2D eigenvalue weighted by atomic mass is 9.95. The average molecular weight is 380 g/mol. The number of hydrogen-bond acceptors (Lipinski definition) is 1. The van der Waals surface area contributed by atoms with Gasteiger partial charge < -0.3 is 10.6 Å². The molecule has 1 atom stereocenters. The predicted octanol–water partition coefficient (Wildman–Crippen LogP) is 4.46. The van der Waals surface area contributed by atoms with Crippen LogP contribution >= 0.6 is 23.2 Å². The van der Waals surface area contributed by atoms with Gasteiger partial charge >= 0.3 is 0 Å². The number of benzene rings is 2. The zero-order chi connectivity index (χ0) is 18.4. The van der Waals surface area contributed by atoms with Crippen LogP contribution in [0.5, 0.6) is 0 Å². The second kappa shape index (κ2) is 9.23. The van der Waals surface area contributed by atoms with Crippen molar-refractivity contribution in [2.45, 2.75) is 33.2 Å². The first kappa shape index (κ1) is 19.8. The summed E-state index contributed by atoms with van der Waals surface area (Å²) in [5, 5.41) is 5.75. The molecule has 0 saturated heterocycles. The molecule has 3 N–H and O–H groups in total. The van der Waals surface area contributed by atoms with Crippen LogP contribution in [0.25, 0.3) is 0 Å². The summed E-state index contributed by atoms with van der Waals surface area (Å²) in [7, 11) is 0. The molecule has 0 fully saturated rings. The molecule has 25 heavy (non-hydrogen) atoms. The molecule has 0 aliphatic rings. The van der Waals surface area contributed by atoms with Gasteiger partial charge in [-0.1, -0.05) is 74.3 Å². The number of para-hydroxylation sites is 1. The minimum atomic E-state index is -0.120. The first-order valence-corrected chi connectivity index (χ1v) is 9.34. The molecule has 0 unspecified atom stereocenters. The van der Waals surface area contributed by atoms with Crippen molar-refractivity contribution in [1.82, 2.24) is 0 Å². The lowest BCUT2D eigenvalue weighted by Gasteiger charge is -2.20. The third-order valence-corrected chi connectivity index (χ3v) is 4.91. The van der Waals surface area contributed by atoms with Crippen molar-refractivity contribution in [3.05, 3.63) is 63.6 Å². The van der Waals surface area contributed by atoms with Gasteiger partial charge in [0.25, 0.3) is 5.91 Å². The van der Waals surface area contributed by atoms with Crippen LogP contribution in [0.15, 0.2) is 42.5 Å². The number of aryl methyl sites for hydroxylation is 1. The topological polar surface area (TPSA) is 45.7 Å². The van der Waals surface area contributed by atoms with E-state index in [4.69, 9.17) is 23.2 Å². The van der Waals surface area contributed by atoms with Crippen LogP contribution in [0.3, 0.4) is 0 Å². The standard InChI is InChI=1S/C20H24Cl2N2O/c1-4-14-8-10-15(11-9-14)19(13(2)3)23-12-18(25)24-20-16(21)6-5-7-17(20)22/h5-11,13,19,23H,4,12H2,1-3H3,(H,24,25)/p+1/t19-/m0/s1. The van der Waals surface area contributed by atoms with E-state index in [0.717, 1.165) is 6.42 Å². The van der Waals surface area contributed by atoms with Crippen molar-refractivity contribution >= 4 is 34.8 Å². The lowest BCUT2D eigenvalue weighted by molar-refractivity contribution is -0.692. The Morgan fingerprint density at radius 2 is 1.68 bits per heavy atom. The molecule has 2 rings (SSSR count). The van der Waals surface area contributed by atoms with Gasteiger partial charge in [-0.3, -0.25) is 4.79 Å². The highest BCUT2D eigenvalue weighted by molar-refractivity contribution is 6.39. The van der Waals surface area contributed by atoms with E-state index in [0.29, 0.717) is 28.2 Å². The minimum Gasteiger partial charge on any atom is -0.332 e. The van der Waals surface area contributed by atoms with Crippen molar-refractivity contribution in [3.63, 3.8) is 0 Å². The molecule has 2 aromatic carbocycles. The normalized spacial score (nSPS) is 12.2. The van der Waals surface area contributed by atoms with Gasteiger partial charge in [-0.25, -0.2) is 0 Å². The number of carbonyl (C=O) groups is 1. The number of anilines is 1. The number of nitrogens with two attached hydrogens (primary N) is 1. The highest BCUT2D eigenvalue weighted by Gasteiger charge is 2.21. The Balaban J connectivity index is 2.01. The van der Waals surface area contributed by atoms with Crippen molar-refractivity contribution < 1.29 is 10.1 Å². The quantitative estimate of drug-likeness (QED) is 0.732. The summed E-state index contributed by atoms with van der Waals surface area (Å²) < 4.78 is 0. The number of halogens is 2. The van der Waals surface area contributed by atoms with Crippen molar-refractivity contribution in [3.8, 4) is 0 Å². The Kier molecular flexibility index (Phi) is 7.30. The monoisotopic (exact) mass is 379 g/mol. The van der Waals surface area contributed by atoms with Gasteiger partial charge in [-0.2, -0.15) is 0 Å². The zero-order valence-electron chi connectivity index (χ0n) is 14.9. The highest BCUT2D eigenvalue weighted by atomic mass is 35.5. The lowest BCUT2D eigenvalue weighted by Crippen LogP contribution is -2.88. The zero-order valence-corrected chi connectivity index (χ0v) is 16.4. The number of amides is 1. The van der Waals surface area contributed by atoms with Crippen molar-refractivity contribution in [2.24, 2.45) is 5.92 Å². The summed E-state index contributed by atoms with van der Waals surface area (Å²) in [5.74, 6) is 0.287. The molecular weight excluding hydrogens is 355 g/mol. The van der Waals surface area contributed by atoms with Crippen LogP contribution in [-0.2, 0) is 11.2 Å². The van der Waals surface area contributed by atoms with E-state index in [9.17, 15) is 4.79 Å². The molecule has 0 saturated carbocycles. The smallest absolute Gasteiger partial charge is 0.279 e. The second-order valence-corrected chi connectivity index (χ2v) is 7.26. The fourth-order valence-corrected chi connectivity index (χ4v) is 3.30. The van der Waals surface area contributed by atoms with Crippen LogP contribution < -0.4 is 10.6 Å². The van der Waals surface area contributed by atoms with Gasteiger partial charge in [0.05, 0.1) is 15.7 Å². The van der Waals surface area contributed by atoms with Gasteiger partial charge in [0.2, 0.25) is 0 Å². The van der Waals surface area contributed by atoms with Crippen molar-refractivity contribution in [1.29, 1.82) is 0 Å². The van der Waals surface area contributed by atoms with Gasteiger partial charge in [0.15, 0.2) is 6.54 Å². The highest BCUT2D eigenvalue weighted by Crippen LogP contribution is 2.29. The number of rotatable bonds is 7. The van der Waals surface area contributed by atoms with Gasteiger partial charge in [-0.15, -0.1) is 0 Å². The number of quaternary nitrogens is 1. The summed E-state index contributed by atoms with van der Waals surface area (Å²) in [6, 6.07) is 14.0. The first-order valence-electron chi connectivity index (χ1n) is 8.58. The Labute approximate surface area is 159 Å². The largest absolute Gasteiger partial charge is 0.332 e. The van der Waals surface area contributed by atoms with Crippen molar-refractivity contribution in [2.75, 3.05) is 11.9 Å². The Hall–Kier alpha value is -1.55. The van der Waals surface area contributed by atoms with Gasteiger partial charge in [0, 0.05) is 11.5 Å². The van der Waals surface area contributed by atoms with E-state index >= 15 is 0 Å². The molecule has 0 spiro atoms. The van der Waals surface area contributed by atoms with E-state index in [1.165, 1.54) is 11.1 Å². The molecule has 5 heteroatoms. The SMILES string of the molecule is CCc1ccc([C@@H]([NH2+]CC(=O)Nc2c(Cl)cccc2Cl)C(C)C)cc1. The number of carbonyl (C=O) groups excluding carboxylic acids is 1. The number of nitrogens with one attached hydrogen (secondary N) is 1. The van der Waals surface area contributed by atoms with Crippen LogP contribution in [-0.4, -0.2) is 12.5 Å². The number of hydrogen-bond donors (Lipinski definition) is 2. The maximum Gasteiger partial charge on any atom is 0.279 e. The third kappa shape index (κ3) is 5.46. The average Bonchev–Trinajstić information content (AvgIpc) is 2.59. The summed E-state index contributed by atoms with van der Waals surface area (Å²) in [5.41, 5.74) is 3.02. The molecule has 3 nitrogen and oxygen atoms in total. The molecule has 0 aliphatic heterocycles. The predicted molar refractivity (Wildman–Crippen MR) is 105 cm³/mol. The van der Waals surface area contributed by atoms with E-state index in [2.05, 4.69) is 55.7 Å². The van der Waals surface area contributed by atoms with E-state index in [-0.39, 0.29) is 11.9 Å². The molecule has 134 valence electrons. The van der Waals surface area contributed by atoms with Gasteiger partial charge in [0.1, 0.15) is 6.04 Å². The Morgan fingerprint density at radius 1 is 1.08 bits per heavy atom. The molecular formula is C20H25Cl2N2O+. The molecule has 0 radical (unpaired) electrons. The van der Waals surface area contributed by atoms with E-state index in [1.807, 2.05) is 0 Å². The first-order chi connectivity index (χ1) is 11.9. The fraction of sp³-hybridized carbons (Fsp3) is 0.350. The summed E-state index contributed by atoms with van der Waals surface area (Å²) in [6.45, 7) is 6.78. The third-order valence-electron chi connectivity index (χ3n) is 4.28. The Bertz CT molecular complexity index is 694. The molecule has 1 amide bonds. The maximum absolute atomic E-state index is 12.3. The summed E-state index contributed by atoms with van der Waals surface area (Å²) >= 11 is 12.2. The molecule has 0 heterocycles. The van der Waals surface area contributed by atoms with Gasteiger partial charge in [-0.05, 0) is 24.1 Å². The molecule has 0 aromatic heterocycles. The van der Waals surface area contributed by atoms with Crippen LogP contribution in [0.2, 0.25) is 10.0 Å². The Morgan fingerprint density at radius 3 is 2.20 bits per heavy atom. The van der Waals surface area contributed by atoms with Crippen LogP contribution in [0.4, 0.5) is 5.69 Å². The van der Waals surface area contributed by atoms with Crippen LogP contribution in [0.1, 0.15) is 37.9 Å². The molecule has 0 bridgehead atoms. The maximum atomic E-state index is 12.3. The minimum absolute atomic E-state index is 0.120. The van der Waals surface area contributed by atoms with Crippen LogP contribution in [0, 0.1) is 5.92 Å². The summed E-state index contributed by atoms with van der Waals surface area (Å²) in [6.07, 6.45) is 1.03. The van der Waals surface area contributed by atoms with E-state index in [1.54, 1.807) is 18.2 Å². The molecule has 2 aromatic rings. The fourth-order valence-electron chi connectivity index (χ4n) is 2.81. The van der Waals surface area contributed by atoms with E-state index < -0.39 is 0 Å².